The van der Waals surface area contributed by atoms with Gasteiger partial charge in [-0.1, -0.05) is 62.9 Å². The third-order valence-corrected chi connectivity index (χ3v) is 7.67. The van der Waals surface area contributed by atoms with E-state index in [0.717, 1.165) is 28.6 Å². The summed E-state index contributed by atoms with van der Waals surface area (Å²) in [5.41, 5.74) is 8.90. The molecule has 0 saturated heterocycles. The summed E-state index contributed by atoms with van der Waals surface area (Å²) in [7, 11) is 0. The van der Waals surface area contributed by atoms with Crippen LogP contribution >= 0.6 is 23.1 Å². The molecule has 1 aromatic carbocycles. The van der Waals surface area contributed by atoms with Crippen molar-refractivity contribution in [2.75, 3.05) is 11.5 Å². The first kappa shape index (κ1) is 21.1. The monoisotopic (exact) mass is 441 g/mol. The summed E-state index contributed by atoms with van der Waals surface area (Å²) in [5, 5.41) is 1.54. The first-order valence-corrected chi connectivity index (χ1v) is 12.0. The highest BCUT2D eigenvalue weighted by atomic mass is 32.2. The van der Waals surface area contributed by atoms with Gasteiger partial charge in [0.25, 0.3) is 0 Å². The second kappa shape index (κ2) is 8.55. The van der Waals surface area contributed by atoms with Gasteiger partial charge in [0, 0.05) is 4.88 Å². The lowest BCUT2D eigenvalue weighted by molar-refractivity contribution is -0.141. The number of hydrogen-bond acceptors (Lipinski definition) is 7. The Labute approximate surface area is 185 Å². The van der Waals surface area contributed by atoms with Gasteiger partial charge in [-0.05, 0) is 41.7 Å². The number of nitrogens with zero attached hydrogens (tertiary/aromatic N) is 2. The van der Waals surface area contributed by atoms with Crippen molar-refractivity contribution < 1.29 is 9.53 Å². The number of carbonyl (C=O) groups is 1. The van der Waals surface area contributed by atoms with Crippen molar-refractivity contribution in [3.63, 3.8) is 0 Å². The molecule has 1 aliphatic rings. The molecule has 1 aliphatic carbocycles. The average molecular weight is 442 g/mol. The maximum atomic E-state index is 12.1. The molecule has 1 atom stereocenters. The number of nitrogen functional groups attached to an aromatic ring is 1. The second-order valence-corrected chi connectivity index (χ2v) is 10.8. The second-order valence-electron chi connectivity index (χ2n) is 8.82. The lowest BCUT2D eigenvalue weighted by Crippen LogP contribution is -2.26. The Morgan fingerprint density at radius 1 is 1.27 bits per heavy atom. The minimum absolute atomic E-state index is 0.162. The van der Waals surface area contributed by atoms with Gasteiger partial charge in [-0.25, -0.2) is 9.97 Å². The molecule has 158 valence electrons. The smallest absolute Gasteiger partial charge is 0.316 e. The van der Waals surface area contributed by atoms with Crippen LogP contribution in [0.25, 0.3) is 10.2 Å². The quantitative estimate of drug-likeness (QED) is 0.331. The molecular weight excluding hydrogens is 414 g/mol. The Hall–Kier alpha value is -2.12. The van der Waals surface area contributed by atoms with Gasteiger partial charge in [0.1, 0.15) is 17.3 Å². The lowest BCUT2D eigenvalue weighted by atomic mass is 9.72. The fourth-order valence-corrected chi connectivity index (χ4v) is 5.91. The molecule has 0 bridgehead atoms. The van der Waals surface area contributed by atoms with Crippen LogP contribution in [-0.2, 0) is 29.0 Å². The van der Waals surface area contributed by atoms with E-state index in [4.69, 9.17) is 15.5 Å². The van der Waals surface area contributed by atoms with Crippen LogP contribution < -0.4 is 5.73 Å². The molecule has 7 heteroatoms. The van der Waals surface area contributed by atoms with Gasteiger partial charge in [0.15, 0.2) is 5.16 Å². The van der Waals surface area contributed by atoms with Crippen LogP contribution in [0.4, 0.5) is 5.82 Å². The Bertz CT molecular complexity index is 1060. The fourth-order valence-electron chi connectivity index (χ4n) is 3.89. The molecule has 0 amide bonds. The largest absolute Gasteiger partial charge is 0.460 e. The predicted octanol–water partition coefficient (Wildman–Crippen LogP) is 5.26. The molecule has 0 fully saturated rings. The van der Waals surface area contributed by atoms with Crippen LogP contribution in [0.3, 0.4) is 0 Å². The van der Waals surface area contributed by atoms with Crippen molar-refractivity contribution in [2.45, 2.75) is 51.8 Å². The number of aryl methyl sites for hydroxylation is 1. The molecule has 1 unspecified atom stereocenters. The Balaban J connectivity index is 1.44. The maximum Gasteiger partial charge on any atom is 0.316 e. The fraction of sp³-hybridized carbons (Fsp3) is 0.435. The minimum atomic E-state index is -0.287. The molecule has 3 aromatic rings. The van der Waals surface area contributed by atoms with E-state index in [-0.39, 0.29) is 18.3 Å². The number of aromatic nitrogens is 2. The number of esters is 1. The molecule has 0 aliphatic heterocycles. The van der Waals surface area contributed by atoms with E-state index in [0.29, 0.717) is 22.3 Å². The first-order valence-electron chi connectivity index (χ1n) is 10.2. The van der Waals surface area contributed by atoms with E-state index < -0.39 is 0 Å². The van der Waals surface area contributed by atoms with Gasteiger partial charge >= 0.3 is 5.97 Å². The summed E-state index contributed by atoms with van der Waals surface area (Å²) in [6, 6.07) is 9.65. The number of hydrogen-bond donors (Lipinski definition) is 1. The zero-order chi connectivity index (χ0) is 21.3. The van der Waals surface area contributed by atoms with Crippen molar-refractivity contribution >= 4 is 45.1 Å². The van der Waals surface area contributed by atoms with Crippen LogP contribution in [0.15, 0.2) is 35.5 Å². The maximum absolute atomic E-state index is 12.1. The summed E-state index contributed by atoms with van der Waals surface area (Å²) in [5.74, 6) is 1.06. The Morgan fingerprint density at radius 2 is 2.03 bits per heavy atom. The number of nitrogens with two attached hydrogens (primary N) is 1. The number of ether oxygens (including phenoxy) is 1. The van der Waals surface area contributed by atoms with E-state index >= 15 is 0 Å². The van der Waals surface area contributed by atoms with Gasteiger partial charge in [0.05, 0.1) is 11.1 Å². The number of anilines is 1. The Morgan fingerprint density at radius 3 is 2.77 bits per heavy atom. The molecule has 0 saturated carbocycles. The number of thiophene rings is 1. The number of carbonyl (C=O) groups excluding carboxylic acids is 1. The summed E-state index contributed by atoms with van der Waals surface area (Å²) in [4.78, 5) is 23.6. The van der Waals surface area contributed by atoms with E-state index in [2.05, 4.69) is 25.8 Å². The third-order valence-electron chi connectivity index (χ3n) is 5.70. The zero-order valence-electron chi connectivity index (χ0n) is 17.6. The molecule has 0 radical (unpaired) electrons. The van der Waals surface area contributed by atoms with Crippen molar-refractivity contribution in [1.29, 1.82) is 0 Å². The summed E-state index contributed by atoms with van der Waals surface area (Å²) in [6.45, 7) is 7.22. The van der Waals surface area contributed by atoms with Crippen molar-refractivity contribution in [3.8, 4) is 0 Å². The number of rotatable bonds is 5. The van der Waals surface area contributed by atoms with Gasteiger partial charge in [-0.2, -0.15) is 0 Å². The molecular formula is C23H27N3O2S2. The third kappa shape index (κ3) is 4.62. The van der Waals surface area contributed by atoms with Crippen molar-refractivity contribution in [1.82, 2.24) is 9.97 Å². The van der Waals surface area contributed by atoms with Crippen LogP contribution in [-0.4, -0.2) is 21.7 Å². The van der Waals surface area contributed by atoms with Crippen LogP contribution in [0.2, 0.25) is 0 Å². The topological polar surface area (TPSA) is 78.1 Å². The highest BCUT2D eigenvalue weighted by Gasteiger charge is 2.31. The standard InChI is InChI=1S/C23H27N3O2S2/c1-23(2,3)15-9-10-16-17(11-15)30-21-19(16)20(24)25-22(26-21)29-13-18(27)28-12-14-7-5-4-6-8-14/h4-8,15H,9-13H2,1-3H3,(H2,24,25,26). The van der Waals surface area contributed by atoms with Gasteiger partial charge in [-0.15, -0.1) is 11.3 Å². The minimum Gasteiger partial charge on any atom is -0.460 e. The van der Waals surface area contributed by atoms with Gasteiger partial charge in [0.2, 0.25) is 0 Å². The SMILES string of the molecule is CC(C)(C)C1CCc2c(sc3nc(SCC(=O)OCc4ccccc4)nc(N)c23)C1. The summed E-state index contributed by atoms with van der Waals surface area (Å²) in [6.07, 6.45) is 3.28. The van der Waals surface area contributed by atoms with Gasteiger partial charge < -0.3 is 10.5 Å². The van der Waals surface area contributed by atoms with Crippen molar-refractivity contribution in [3.05, 3.63) is 46.3 Å². The Kier molecular flexibility index (Phi) is 6.02. The highest BCUT2D eigenvalue weighted by molar-refractivity contribution is 7.99. The number of fused-ring (bicyclic) bond motifs is 3. The lowest BCUT2D eigenvalue weighted by Gasteiger charge is -2.33. The van der Waals surface area contributed by atoms with Crippen molar-refractivity contribution in [2.24, 2.45) is 11.3 Å². The molecule has 30 heavy (non-hydrogen) atoms. The molecule has 2 N–H and O–H groups in total. The molecule has 4 rings (SSSR count). The number of benzene rings is 1. The first-order chi connectivity index (χ1) is 14.3. The van der Waals surface area contributed by atoms with Gasteiger partial charge in [-0.3, -0.25) is 4.79 Å². The molecule has 0 spiro atoms. The molecule has 5 nitrogen and oxygen atoms in total. The van der Waals surface area contributed by atoms with Crippen LogP contribution in [0, 0.1) is 11.3 Å². The average Bonchev–Trinajstić information content (AvgIpc) is 3.09. The number of thioether (sulfide) groups is 1. The molecule has 2 aromatic heterocycles. The van der Waals surface area contributed by atoms with E-state index in [1.807, 2.05) is 30.3 Å². The zero-order valence-corrected chi connectivity index (χ0v) is 19.2. The van der Waals surface area contributed by atoms with E-state index in [1.54, 1.807) is 11.3 Å². The predicted molar refractivity (Wildman–Crippen MR) is 124 cm³/mol. The highest BCUT2D eigenvalue weighted by Crippen LogP contribution is 2.44. The normalized spacial score (nSPS) is 16.4. The van der Waals surface area contributed by atoms with Crippen LogP contribution in [0.1, 0.15) is 43.2 Å². The van der Waals surface area contributed by atoms with E-state index in [9.17, 15) is 4.79 Å². The molecule has 2 heterocycles. The summed E-state index contributed by atoms with van der Waals surface area (Å²) < 4.78 is 5.33. The van der Waals surface area contributed by atoms with Crippen LogP contribution in [0.5, 0.6) is 0 Å². The van der Waals surface area contributed by atoms with E-state index in [1.165, 1.54) is 28.6 Å². The summed E-state index contributed by atoms with van der Waals surface area (Å²) >= 11 is 3.00.